The van der Waals surface area contributed by atoms with Crippen molar-refractivity contribution in [1.82, 2.24) is 0 Å². The molecule has 2 atom stereocenters. The predicted octanol–water partition coefficient (Wildman–Crippen LogP) is 7.90. The standard InChI is InChI=1S/C34H30O2/c35-31(23-21-27-13-5-1-6-14-27)25-33(29-17-9-3-10-18-29)34(30-19-11-4-12-20-30)26-32(36)24-22-28-15-7-2-8-16-28/h1-24,33-34H,25-26H2/b23-21+,24-22+/t33-,34-/m0/s1. The van der Waals surface area contributed by atoms with Gasteiger partial charge in [0.05, 0.1) is 0 Å². The topological polar surface area (TPSA) is 34.1 Å². The highest BCUT2D eigenvalue weighted by Crippen LogP contribution is 2.39. The van der Waals surface area contributed by atoms with Gasteiger partial charge in [-0.15, -0.1) is 0 Å². The van der Waals surface area contributed by atoms with Crippen LogP contribution in [0.2, 0.25) is 0 Å². The summed E-state index contributed by atoms with van der Waals surface area (Å²) in [6.45, 7) is 0. The van der Waals surface area contributed by atoms with Crippen molar-refractivity contribution < 1.29 is 9.59 Å². The van der Waals surface area contributed by atoms with Crippen LogP contribution in [-0.4, -0.2) is 11.6 Å². The van der Waals surface area contributed by atoms with Crippen molar-refractivity contribution in [3.63, 3.8) is 0 Å². The lowest BCUT2D eigenvalue weighted by molar-refractivity contribution is -0.117. The molecule has 36 heavy (non-hydrogen) atoms. The Morgan fingerprint density at radius 2 is 0.778 bits per heavy atom. The third-order valence-electron chi connectivity index (χ3n) is 6.31. The summed E-state index contributed by atoms with van der Waals surface area (Å²) in [6, 6.07) is 39.8. The van der Waals surface area contributed by atoms with Crippen LogP contribution in [0.15, 0.2) is 133 Å². The van der Waals surface area contributed by atoms with E-state index in [0.29, 0.717) is 12.8 Å². The molecular formula is C34H30O2. The highest BCUT2D eigenvalue weighted by Gasteiger charge is 2.28. The Hall–Kier alpha value is -4.30. The third-order valence-corrected chi connectivity index (χ3v) is 6.31. The van der Waals surface area contributed by atoms with Crippen molar-refractivity contribution in [2.45, 2.75) is 24.7 Å². The number of allylic oxidation sites excluding steroid dienone is 2. The SMILES string of the molecule is O=C(/C=C/c1ccccc1)C[C@@H](c1ccccc1)[C@@H](CC(=O)/C=C/c1ccccc1)c1ccccc1. The minimum absolute atomic E-state index is 0.0425. The number of hydrogen-bond acceptors (Lipinski definition) is 2. The van der Waals surface area contributed by atoms with Crippen LogP contribution in [0.3, 0.4) is 0 Å². The lowest BCUT2D eigenvalue weighted by Gasteiger charge is -2.27. The summed E-state index contributed by atoms with van der Waals surface area (Å²) in [5, 5.41) is 0. The Bertz CT molecular complexity index is 1190. The van der Waals surface area contributed by atoms with Gasteiger partial charge in [0.15, 0.2) is 11.6 Å². The van der Waals surface area contributed by atoms with Gasteiger partial charge in [0, 0.05) is 12.8 Å². The molecule has 4 rings (SSSR count). The Balaban J connectivity index is 1.61. The predicted molar refractivity (Wildman–Crippen MR) is 149 cm³/mol. The summed E-state index contributed by atoms with van der Waals surface area (Å²) >= 11 is 0. The first-order valence-electron chi connectivity index (χ1n) is 12.3. The first-order valence-corrected chi connectivity index (χ1v) is 12.3. The van der Waals surface area contributed by atoms with E-state index < -0.39 is 0 Å². The number of ketones is 2. The summed E-state index contributed by atoms with van der Waals surface area (Å²) in [7, 11) is 0. The molecule has 0 saturated carbocycles. The second-order valence-corrected chi connectivity index (χ2v) is 8.86. The first-order chi connectivity index (χ1) is 17.7. The van der Waals surface area contributed by atoms with E-state index >= 15 is 0 Å². The van der Waals surface area contributed by atoms with E-state index in [1.54, 1.807) is 12.2 Å². The van der Waals surface area contributed by atoms with Crippen LogP contribution in [0.4, 0.5) is 0 Å². The molecule has 0 unspecified atom stereocenters. The quantitative estimate of drug-likeness (QED) is 0.209. The van der Waals surface area contributed by atoms with Gasteiger partial charge in [0.2, 0.25) is 0 Å². The van der Waals surface area contributed by atoms with Gasteiger partial charge >= 0.3 is 0 Å². The molecule has 4 aromatic carbocycles. The summed E-state index contributed by atoms with van der Waals surface area (Å²) < 4.78 is 0. The van der Waals surface area contributed by atoms with Crippen LogP contribution in [0, 0.1) is 0 Å². The maximum Gasteiger partial charge on any atom is 0.156 e. The van der Waals surface area contributed by atoms with Crippen molar-refractivity contribution in [3.8, 4) is 0 Å². The number of carbonyl (C=O) groups is 2. The zero-order chi connectivity index (χ0) is 25.0. The maximum atomic E-state index is 13.1. The molecule has 4 aromatic rings. The molecule has 178 valence electrons. The third kappa shape index (κ3) is 7.35. The van der Waals surface area contributed by atoms with Gasteiger partial charge < -0.3 is 0 Å². The molecule has 0 radical (unpaired) electrons. The minimum atomic E-state index is -0.129. The van der Waals surface area contributed by atoms with Crippen LogP contribution in [0.25, 0.3) is 12.2 Å². The fraction of sp³-hybridized carbons (Fsp3) is 0.118. The monoisotopic (exact) mass is 470 g/mol. The number of benzene rings is 4. The van der Waals surface area contributed by atoms with Crippen molar-refractivity contribution in [2.24, 2.45) is 0 Å². The number of carbonyl (C=O) groups excluding carboxylic acids is 2. The van der Waals surface area contributed by atoms with Gasteiger partial charge in [-0.05, 0) is 46.2 Å². The molecule has 0 bridgehead atoms. The second kappa shape index (κ2) is 13.0. The summed E-state index contributed by atoms with van der Waals surface area (Å²) in [5.41, 5.74) is 4.10. The molecule has 0 N–H and O–H groups in total. The van der Waals surface area contributed by atoms with Gasteiger partial charge in [-0.1, -0.05) is 133 Å². The van der Waals surface area contributed by atoms with Crippen molar-refractivity contribution >= 4 is 23.7 Å². The molecule has 2 heteroatoms. The van der Waals surface area contributed by atoms with Crippen LogP contribution in [0.1, 0.15) is 46.9 Å². The average Bonchev–Trinajstić information content (AvgIpc) is 2.95. The Morgan fingerprint density at radius 3 is 1.11 bits per heavy atom. The Labute approximate surface area is 213 Å². The van der Waals surface area contributed by atoms with Crippen molar-refractivity contribution in [3.05, 3.63) is 156 Å². The molecule has 0 aliphatic rings. The molecule has 0 aliphatic carbocycles. The molecule has 0 heterocycles. The largest absolute Gasteiger partial charge is 0.295 e. The van der Waals surface area contributed by atoms with E-state index in [4.69, 9.17) is 0 Å². The summed E-state index contributed by atoms with van der Waals surface area (Å²) in [4.78, 5) is 26.3. The van der Waals surface area contributed by atoms with Crippen LogP contribution >= 0.6 is 0 Å². The van der Waals surface area contributed by atoms with E-state index in [1.165, 1.54) is 0 Å². The van der Waals surface area contributed by atoms with E-state index in [1.807, 2.05) is 109 Å². The van der Waals surface area contributed by atoms with E-state index in [0.717, 1.165) is 22.3 Å². The second-order valence-electron chi connectivity index (χ2n) is 8.86. The summed E-state index contributed by atoms with van der Waals surface area (Å²) in [6.07, 6.45) is 7.67. The Morgan fingerprint density at radius 1 is 0.472 bits per heavy atom. The van der Waals surface area contributed by atoms with E-state index in [9.17, 15) is 9.59 Å². The van der Waals surface area contributed by atoms with Gasteiger partial charge in [-0.2, -0.15) is 0 Å². The van der Waals surface area contributed by atoms with Crippen molar-refractivity contribution in [2.75, 3.05) is 0 Å². The Kier molecular flexibility index (Phi) is 8.94. The van der Waals surface area contributed by atoms with Gasteiger partial charge in [-0.3, -0.25) is 9.59 Å². The lowest BCUT2D eigenvalue weighted by Crippen LogP contribution is -2.18. The van der Waals surface area contributed by atoms with Crippen LogP contribution in [-0.2, 0) is 9.59 Å². The minimum Gasteiger partial charge on any atom is -0.295 e. The highest BCUT2D eigenvalue weighted by molar-refractivity contribution is 5.95. The zero-order valence-corrected chi connectivity index (χ0v) is 20.2. The molecule has 0 aromatic heterocycles. The fourth-order valence-corrected chi connectivity index (χ4v) is 4.46. The zero-order valence-electron chi connectivity index (χ0n) is 20.2. The normalized spacial score (nSPS) is 13.0. The molecule has 0 spiro atoms. The van der Waals surface area contributed by atoms with Crippen molar-refractivity contribution in [1.29, 1.82) is 0 Å². The summed E-state index contributed by atoms with van der Waals surface area (Å²) in [5.74, 6) is -0.173. The molecule has 0 aliphatic heterocycles. The van der Waals surface area contributed by atoms with E-state index in [2.05, 4.69) is 24.3 Å². The maximum absolute atomic E-state index is 13.1. The van der Waals surface area contributed by atoms with Crippen LogP contribution < -0.4 is 0 Å². The highest BCUT2D eigenvalue weighted by atomic mass is 16.1. The number of rotatable bonds is 11. The molecule has 2 nitrogen and oxygen atoms in total. The number of hydrogen-bond donors (Lipinski definition) is 0. The lowest BCUT2D eigenvalue weighted by atomic mass is 9.76. The average molecular weight is 471 g/mol. The molecular weight excluding hydrogens is 440 g/mol. The molecule has 0 saturated heterocycles. The van der Waals surface area contributed by atoms with Crippen LogP contribution in [0.5, 0.6) is 0 Å². The van der Waals surface area contributed by atoms with Gasteiger partial charge in [-0.25, -0.2) is 0 Å². The smallest absolute Gasteiger partial charge is 0.156 e. The molecule has 0 amide bonds. The van der Waals surface area contributed by atoms with Gasteiger partial charge in [0.1, 0.15) is 0 Å². The fourth-order valence-electron chi connectivity index (χ4n) is 4.46. The van der Waals surface area contributed by atoms with E-state index in [-0.39, 0.29) is 23.4 Å². The van der Waals surface area contributed by atoms with Gasteiger partial charge in [0.25, 0.3) is 0 Å². The molecule has 0 fully saturated rings. The first kappa shape index (κ1) is 24.8.